The molecule has 17 heavy (non-hydrogen) atoms. The van der Waals surface area contributed by atoms with Crippen molar-refractivity contribution in [3.63, 3.8) is 0 Å². The minimum atomic E-state index is -3.75. The van der Waals surface area contributed by atoms with Crippen LogP contribution in [0.4, 0.5) is 0 Å². The summed E-state index contributed by atoms with van der Waals surface area (Å²) in [6.45, 7) is 2.19. The zero-order valence-electron chi connectivity index (χ0n) is 9.23. The van der Waals surface area contributed by atoms with Crippen LogP contribution < -0.4 is 5.32 Å². The Morgan fingerprint density at radius 1 is 1.47 bits per heavy atom. The quantitative estimate of drug-likeness (QED) is 0.827. The van der Waals surface area contributed by atoms with Gasteiger partial charge < -0.3 is 5.32 Å². The van der Waals surface area contributed by atoms with E-state index < -0.39 is 15.1 Å². The minimum Gasteiger partial charge on any atom is -0.303 e. The van der Waals surface area contributed by atoms with Crippen molar-refractivity contribution in [2.45, 2.75) is 24.3 Å². The van der Waals surface area contributed by atoms with Crippen molar-refractivity contribution in [1.29, 1.82) is 0 Å². The second kappa shape index (κ2) is 4.40. The summed E-state index contributed by atoms with van der Waals surface area (Å²) in [6, 6.07) is 4.25. The molecular weight excluding hydrogens is 262 g/mol. The third-order valence-corrected chi connectivity index (χ3v) is 4.21. The molecule has 0 amide bonds. The normalized spacial score (nSPS) is 19.8. The van der Waals surface area contributed by atoms with Crippen molar-refractivity contribution < 1.29 is 13.2 Å². The first-order valence-corrected chi connectivity index (χ1v) is 7.52. The average Bonchev–Trinajstić information content (AvgIpc) is 2.26. The van der Waals surface area contributed by atoms with Gasteiger partial charge in [0.1, 0.15) is 0 Å². The zero-order chi connectivity index (χ0) is 12.6. The van der Waals surface area contributed by atoms with Gasteiger partial charge in [-0.3, -0.25) is 4.79 Å². The van der Waals surface area contributed by atoms with Gasteiger partial charge >= 0.3 is 0 Å². The predicted molar refractivity (Wildman–Crippen MR) is 64.6 cm³/mol. The standard InChI is InChI=1S/C11H12ClNO3S/c1-7(14)11-10-6-9(17(12,15)16)3-2-8(10)4-5-13-11/h2-3,6,11,13H,4-5H2,1H3. The third kappa shape index (κ3) is 2.51. The molecule has 1 atom stereocenters. The summed E-state index contributed by atoms with van der Waals surface area (Å²) in [6.07, 6.45) is 0.779. The molecule has 4 nitrogen and oxygen atoms in total. The van der Waals surface area contributed by atoms with E-state index in [0.29, 0.717) is 12.1 Å². The Bertz CT molecular complexity index is 568. The second-order valence-corrected chi connectivity index (χ2v) is 6.61. The second-order valence-electron chi connectivity index (χ2n) is 4.05. The van der Waals surface area contributed by atoms with E-state index in [2.05, 4.69) is 5.32 Å². The van der Waals surface area contributed by atoms with Crippen molar-refractivity contribution in [3.05, 3.63) is 29.3 Å². The summed E-state index contributed by atoms with van der Waals surface area (Å²) in [5, 5.41) is 3.07. The molecule has 1 aromatic carbocycles. The van der Waals surface area contributed by atoms with Gasteiger partial charge in [-0.15, -0.1) is 0 Å². The summed E-state index contributed by atoms with van der Waals surface area (Å²) in [4.78, 5) is 11.5. The Balaban J connectivity index is 2.55. The molecule has 1 heterocycles. The van der Waals surface area contributed by atoms with Crippen molar-refractivity contribution >= 4 is 25.5 Å². The van der Waals surface area contributed by atoms with Gasteiger partial charge in [0.05, 0.1) is 10.9 Å². The Labute approximate surface area is 104 Å². The van der Waals surface area contributed by atoms with E-state index in [1.807, 2.05) is 0 Å². The van der Waals surface area contributed by atoms with Gasteiger partial charge in [0.2, 0.25) is 0 Å². The number of benzene rings is 1. The Kier molecular flexibility index (Phi) is 3.25. The van der Waals surface area contributed by atoms with Crippen molar-refractivity contribution in [3.8, 4) is 0 Å². The third-order valence-electron chi connectivity index (χ3n) is 2.86. The molecule has 0 radical (unpaired) electrons. The van der Waals surface area contributed by atoms with Crippen LogP contribution >= 0.6 is 10.7 Å². The lowest BCUT2D eigenvalue weighted by Crippen LogP contribution is -2.34. The molecule has 2 rings (SSSR count). The minimum absolute atomic E-state index is 0.0323. The van der Waals surface area contributed by atoms with Crippen molar-refractivity contribution in [2.24, 2.45) is 0 Å². The van der Waals surface area contributed by atoms with Gasteiger partial charge in [0.15, 0.2) is 5.78 Å². The van der Waals surface area contributed by atoms with E-state index in [1.165, 1.54) is 19.1 Å². The van der Waals surface area contributed by atoms with E-state index >= 15 is 0 Å². The molecule has 0 fully saturated rings. The average molecular weight is 274 g/mol. The predicted octanol–water partition coefficient (Wildman–Crippen LogP) is 1.39. The smallest absolute Gasteiger partial charge is 0.261 e. The maximum absolute atomic E-state index is 11.5. The maximum atomic E-state index is 11.5. The summed E-state index contributed by atoms with van der Waals surface area (Å²) in [5.74, 6) is -0.0323. The molecule has 0 aromatic heterocycles. The summed E-state index contributed by atoms with van der Waals surface area (Å²) >= 11 is 0. The highest BCUT2D eigenvalue weighted by atomic mass is 35.7. The molecule has 1 N–H and O–H groups in total. The van der Waals surface area contributed by atoms with Crippen LogP contribution in [0.2, 0.25) is 0 Å². The van der Waals surface area contributed by atoms with E-state index in [1.54, 1.807) is 6.07 Å². The molecule has 0 bridgehead atoms. The number of Topliss-reactive ketones (excluding diaryl/α,β-unsaturated/α-hetero) is 1. The Morgan fingerprint density at radius 3 is 2.76 bits per heavy atom. The van der Waals surface area contributed by atoms with Crippen LogP contribution in [0.3, 0.4) is 0 Å². The van der Waals surface area contributed by atoms with Crippen LogP contribution in [0.5, 0.6) is 0 Å². The number of halogens is 1. The number of rotatable bonds is 2. The monoisotopic (exact) mass is 273 g/mol. The molecule has 92 valence electrons. The molecule has 0 spiro atoms. The molecule has 6 heteroatoms. The largest absolute Gasteiger partial charge is 0.303 e. The lowest BCUT2D eigenvalue weighted by Gasteiger charge is -2.25. The number of nitrogens with one attached hydrogen (secondary N) is 1. The van der Waals surface area contributed by atoms with Gasteiger partial charge in [-0.05, 0) is 36.6 Å². The van der Waals surface area contributed by atoms with Gasteiger partial charge in [0, 0.05) is 17.2 Å². The van der Waals surface area contributed by atoms with Gasteiger partial charge in [-0.1, -0.05) is 6.07 Å². The highest BCUT2D eigenvalue weighted by Crippen LogP contribution is 2.27. The summed E-state index contributed by atoms with van der Waals surface area (Å²) in [5.41, 5.74) is 1.71. The van der Waals surface area contributed by atoms with Gasteiger partial charge in [-0.25, -0.2) is 8.42 Å². The van der Waals surface area contributed by atoms with Crippen LogP contribution in [0.25, 0.3) is 0 Å². The number of ketones is 1. The Hall–Kier alpha value is -0.910. The number of hydrogen-bond donors (Lipinski definition) is 1. The number of hydrogen-bond acceptors (Lipinski definition) is 4. The van der Waals surface area contributed by atoms with E-state index in [-0.39, 0.29) is 10.7 Å². The van der Waals surface area contributed by atoms with Crippen LogP contribution in [0, 0.1) is 0 Å². The lowest BCUT2D eigenvalue weighted by atomic mass is 9.92. The number of fused-ring (bicyclic) bond motifs is 1. The molecule has 0 saturated carbocycles. The molecule has 1 unspecified atom stereocenters. The lowest BCUT2D eigenvalue weighted by molar-refractivity contribution is -0.119. The Morgan fingerprint density at radius 2 is 2.18 bits per heavy atom. The molecule has 0 aliphatic carbocycles. The summed E-state index contributed by atoms with van der Waals surface area (Å²) in [7, 11) is 1.54. The van der Waals surface area contributed by atoms with E-state index in [9.17, 15) is 13.2 Å². The molecule has 1 aliphatic rings. The van der Waals surface area contributed by atoms with Crippen molar-refractivity contribution in [2.75, 3.05) is 6.54 Å². The van der Waals surface area contributed by atoms with Crippen LogP contribution in [0.15, 0.2) is 23.1 Å². The van der Waals surface area contributed by atoms with E-state index in [4.69, 9.17) is 10.7 Å². The highest BCUT2D eigenvalue weighted by molar-refractivity contribution is 8.13. The first kappa shape index (κ1) is 12.5. The maximum Gasteiger partial charge on any atom is 0.261 e. The number of carbonyl (C=O) groups is 1. The molecule has 0 saturated heterocycles. The topological polar surface area (TPSA) is 63.2 Å². The zero-order valence-corrected chi connectivity index (χ0v) is 10.8. The SMILES string of the molecule is CC(=O)C1NCCc2ccc(S(=O)(=O)Cl)cc21. The van der Waals surface area contributed by atoms with Crippen LogP contribution in [0.1, 0.15) is 24.1 Å². The fraction of sp³-hybridized carbons (Fsp3) is 0.364. The summed E-state index contributed by atoms with van der Waals surface area (Å²) < 4.78 is 22.5. The van der Waals surface area contributed by atoms with Crippen LogP contribution in [-0.4, -0.2) is 20.7 Å². The fourth-order valence-corrected chi connectivity index (χ4v) is 2.83. The van der Waals surface area contributed by atoms with Gasteiger partial charge in [-0.2, -0.15) is 0 Å². The van der Waals surface area contributed by atoms with Crippen molar-refractivity contribution in [1.82, 2.24) is 5.32 Å². The molecular formula is C11H12ClNO3S. The highest BCUT2D eigenvalue weighted by Gasteiger charge is 2.25. The first-order valence-electron chi connectivity index (χ1n) is 5.21. The van der Waals surface area contributed by atoms with E-state index in [0.717, 1.165) is 12.0 Å². The fourth-order valence-electron chi connectivity index (χ4n) is 2.04. The molecule has 1 aromatic rings. The van der Waals surface area contributed by atoms with Crippen LogP contribution in [-0.2, 0) is 20.3 Å². The number of carbonyl (C=O) groups excluding carboxylic acids is 1. The van der Waals surface area contributed by atoms with Gasteiger partial charge in [0.25, 0.3) is 9.05 Å². The molecule has 1 aliphatic heterocycles. The first-order chi connectivity index (χ1) is 7.89.